The molecule has 0 aliphatic carbocycles. The molecular weight excluding hydrogens is 384 g/mol. The second-order valence-corrected chi connectivity index (χ2v) is 9.16. The first kappa shape index (κ1) is 18.9. The maximum atomic E-state index is 12.7. The zero-order chi connectivity index (χ0) is 17.7. The molecule has 0 aliphatic heterocycles. The smallest absolute Gasteiger partial charge is 0.179 e. The fraction of sp³-hybridized carbons (Fsp3) is 0.300. The Morgan fingerprint density at radius 3 is 2.08 bits per heavy atom. The molecule has 2 rings (SSSR count). The largest absolute Gasteiger partial charge is 0.299 e. The highest BCUT2D eigenvalue weighted by Crippen LogP contribution is 2.31. The number of ketones is 2. The summed E-state index contributed by atoms with van der Waals surface area (Å²) in [5.74, 6) is -0.0499. The van der Waals surface area contributed by atoms with Crippen molar-refractivity contribution >= 4 is 39.3 Å². The number of halogens is 1. The van der Waals surface area contributed by atoms with Gasteiger partial charge in [0.15, 0.2) is 5.78 Å². The van der Waals surface area contributed by atoms with E-state index in [9.17, 15) is 9.59 Å². The van der Waals surface area contributed by atoms with Crippen molar-refractivity contribution in [1.82, 2.24) is 0 Å². The molecular formula is C20H21BrO2S. The fourth-order valence-electron chi connectivity index (χ4n) is 2.21. The number of carbonyl (C=O) groups is 2. The van der Waals surface area contributed by atoms with Crippen LogP contribution in [0.25, 0.3) is 0 Å². The molecule has 2 aromatic rings. The third-order valence-corrected chi connectivity index (χ3v) is 5.38. The summed E-state index contributed by atoms with van der Waals surface area (Å²) in [4.78, 5) is 26.9. The standard InChI is InChI=1S/C20H21BrO2S/c1-14(2)18(22)13-20(3,21)19(23)15-9-11-17(12-10-15)24-16-7-5-4-6-8-16/h4-12,14H,13H2,1-3H3. The first-order valence-electron chi connectivity index (χ1n) is 7.89. The lowest BCUT2D eigenvalue weighted by Gasteiger charge is -2.21. The highest BCUT2D eigenvalue weighted by molar-refractivity contribution is 9.10. The summed E-state index contributed by atoms with van der Waals surface area (Å²) in [5, 5.41) is 0. The van der Waals surface area contributed by atoms with Crippen LogP contribution in [-0.2, 0) is 4.79 Å². The van der Waals surface area contributed by atoms with Gasteiger partial charge in [0.2, 0.25) is 0 Å². The lowest BCUT2D eigenvalue weighted by atomic mass is 9.91. The van der Waals surface area contributed by atoms with Gasteiger partial charge in [0.25, 0.3) is 0 Å². The SMILES string of the molecule is CC(C)C(=O)CC(C)(Br)C(=O)c1ccc(Sc2ccccc2)cc1. The van der Waals surface area contributed by atoms with Gasteiger partial charge in [-0.25, -0.2) is 0 Å². The third kappa shape index (κ3) is 5.05. The molecule has 0 bridgehead atoms. The molecule has 0 saturated carbocycles. The quantitative estimate of drug-likeness (QED) is 0.432. The second kappa shape index (κ2) is 8.13. The predicted octanol–water partition coefficient (Wildman–Crippen LogP) is 5.79. The lowest BCUT2D eigenvalue weighted by molar-refractivity contribution is -0.122. The Kier molecular flexibility index (Phi) is 6.41. The van der Waals surface area contributed by atoms with Gasteiger partial charge in [-0.2, -0.15) is 0 Å². The van der Waals surface area contributed by atoms with Crippen molar-refractivity contribution < 1.29 is 9.59 Å². The second-order valence-electron chi connectivity index (χ2n) is 6.26. The van der Waals surface area contributed by atoms with E-state index in [-0.39, 0.29) is 23.9 Å². The molecule has 2 nitrogen and oxygen atoms in total. The van der Waals surface area contributed by atoms with Crippen LogP contribution in [-0.4, -0.2) is 15.9 Å². The monoisotopic (exact) mass is 404 g/mol. The van der Waals surface area contributed by atoms with Gasteiger partial charge in [-0.1, -0.05) is 71.9 Å². The van der Waals surface area contributed by atoms with Crippen molar-refractivity contribution in [2.75, 3.05) is 0 Å². The van der Waals surface area contributed by atoms with Crippen molar-refractivity contribution in [3.8, 4) is 0 Å². The van der Waals surface area contributed by atoms with E-state index >= 15 is 0 Å². The molecule has 126 valence electrons. The number of Topliss-reactive ketones (excluding diaryl/α,β-unsaturated/α-hetero) is 2. The Hall–Kier alpha value is -1.39. The summed E-state index contributed by atoms with van der Waals surface area (Å²) in [6.45, 7) is 5.47. The average Bonchev–Trinajstić information content (AvgIpc) is 2.55. The molecule has 0 aromatic heterocycles. The van der Waals surface area contributed by atoms with Gasteiger partial charge in [0, 0.05) is 27.7 Å². The van der Waals surface area contributed by atoms with Gasteiger partial charge in [0.05, 0.1) is 4.32 Å². The van der Waals surface area contributed by atoms with Gasteiger partial charge in [-0.05, 0) is 31.2 Å². The van der Waals surface area contributed by atoms with Gasteiger partial charge in [-0.3, -0.25) is 9.59 Å². The molecule has 24 heavy (non-hydrogen) atoms. The van der Waals surface area contributed by atoms with Crippen LogP contribution in [0.15, 0.2) is 64.4 Å². The van der Waals surface area contributed by atoms with E-state index in [0.717, 1.165) is 9.79 Å². The molecule has 0 spiro atoms. The zero-order valence-electron chi connectivity index (χ0n) is 14.1. The van der Waals surface area contributed by atoms with Crippen LogP contribution in [0, 0.1) is 5.92 Å². The Labute approximate surface area is 156 Å². The molecule has 0 radical (unpaired) electrons. The molecule has 4 heteroatoms. The topological polar surface area (TPSA) is 34.1 Å². The summed E-state index contributed by atoms with van der Waals surface area (Å²) in [5.41, 5.74) is 0.614. The Bertz CT molecular complexity index is 706. The van der Waals surface area contributed by atoms with Gasteiger partial charge in [-0.15, -0.1) is 0 Å². The van der Waals surface area contributed by atoms with Crippen molar-refractivity contribution in [2.24, 2.45) is 5.92 Å². The molecule has 0 aliphatic rings. The van der Waals surface area contributed by atoms with Crippen LogP contribution in [0.2, 0.25) is 0 Å². The van der Waals surface area contributed by atoms with E-state index in [4.69, 9.17) is 0 Å². The number of carbonyl (C=O) groups excluding carboxylic acids is 2. The fourth-order valence-corrected chi connectivity index (χ4v) is 3.55. The molecule has 0 fully saturated rings. The van der Waals surface area contributed by atoms with Crippen LogP contribution in [0.4, 0.5) is 0 Å². The maximum absolute atomic E-state index is 12.7. The van der Waals surface area contributed by atoms with E-state index < -0.39 is 4.32 Å². The van der Waals surface area contributed by atoms with Crippen molar-refractivity contribution in [1.29, 1.82) is 0 Å². The summed E-state index contributed by atoms with van der Waals surface area (Å²) in [7, 11) is 0. The molecule has 0 heterocycles. The van der Waals surface area contributed by atoms with Crippen LogP contribution >= 0.6 is 27.7 Å². The average molecular weight is 405 g/mol. The Morgan fingerprint density at radius 2 is 1.54 bits per heavy atom. The molecule has 0 N–H and O–H groups in total. The van der Waals surface area contributed by atoms with E-state index in [1.807, 2.05) is 56.3 Å². The minimum Gasteiger partial charge on any atom is -0.299 e. The van der Waals surface area contributed by atoms with E-state index in [0.29, 0.717) is 5.56 Å². The number of hydrogen-bond donors (Lipinski definition) is 0. The van der Waals surface area contributed by atoms with Gasteiger partial charge in [0.1, 0.15) is 5.78 Å². The molecule has 1 atom stereocenters. The summed E-state index contributed by atoms with van der Waals surface area (Å²) in [6.07, 6.45) is 0.198. The first-order valence-corrected chi connectivity index (χ1v) is 9.50. The number of alkyl halides is 1. The van der Waals surface area contributed by atoms with E-state index in [2.05, 4.69) is 28.1 Å². The van der Waals surface area contributed by atoms with E-state index in [1.54, 1.807) is 18.7 Å². The third-order valence-electron chi connectivity index (χ3n) is 3.72. The summed E-state index contributed by atoms with van der Waals surface area (Å²) >= 11 is 5.10. The van der Waals surface area contributed by atoms with Crippen LogP contribution in [0.5, 0.6) is 0 Å². The summed E-state index contributed by atoms with van der Waals surface area (Å²) in [6, 6.07) is 17.6. The Balaban J connectivity index is 2.09. The highest BCUT2D eigenvalue weighted by Gasteiger charge is 2.33. The predicted molar refractivity (Wildman–Crippen MR) is 103 cm³/mol. The minimum atomic E-state index is -0.859. The van der Waals surface area contributed by atoms with Crippen LogP contribution < -0.4 is 0 Å². The van der Waals surface area contributed by atoms with Crippen molar-refractivity contribution in [3.63, 3.8) is 0 Å². The van der Waals surface area contributed by atoms with Crippen LogP contribution in [0.1, 0.15) is 37.6 Å². The number of rotatable bonds is 7. The molecule has 0 amide bonds. The number of benzene rings is 2. The zero-order valence-corrected chi connectivity index (χ0v) is 16.5. The van der Waals surface area contributed by atoms with Gasteiger partial charge >= 0.3 is 0 Å². The van der Waals surface area contributed by atoms with Crippen LogP contribution in [0.3, 0.4) is 0 Å². The maximum Gasteiger partial charge on any atom is 0.179 e. The molecule has 2 aromatic carbocycles. The first-order chi connectivity index (χ1) is 11.3. The highest BCUT2D eigenvalue weighted by atomic mass is 79.9. The van der Waals surface area contributed by atoms with E-state index in [1.165, 1.54) is 0 Å². The normalized spacial score (nSPS) is 13.5. The molecule has 0 saturated heterocycles. The number of hydrogen-bond acceptors (Lipinski definition) is 3. The van der Waals surface area contributed by atoms with Gasteiger partial charge < -0.3 is 0 Å². The molecule has 1 unspecified atom stereocenters. The Morgan fingerprint density at radius 1 is 1.00 bits per heavy atom. The summed E-state index contributed by atoms with van der Waals surface area (Å²) < 4.78 is -0.859. The lowest BCUT2D eigenvalue weighted by Crippen LogP contribution is -2.32. The van der Waals surface area contributed by atoms with Crippen molar-refractivity contribution in [2.45, 2.75) is 41.3 Å². The van der Waals surface area contributed by atoms with Crippen molar-refractivity contribution in [3.05, 3.63) is 60.2 Å². The minimum absolute atomic E-state index is 0.0623.